The molecule has 1 heterocycles. The van der Waals surface area contributed by atoms with Gasteiger partial charge in [-0.3, -0.25) is 0 Å². The summed E-state index contributed by atoms with van der Waals surface area (Å²) in [5, 5.41) is 0. The second-order valence-electron chi connectivity index (χ2n) is 3.26. The molecule has 0 aliphatic heterocycles. The molecule has 2 aromatic rings. The average molecular weight is 331 g/mol. The third-order valence-electron chi connectivity index (χ3n) is 2.01. The van der Waals surface area contributed by atoms with Crippen molar-refractivity contribution in [1.82, 2.24) is 9.97 Å². The van der Waals surface area contributed by atoms with Crippen LogP contribution in [-0.4, -0.2) is 16.6 Å². The normalized spacial score (nSPS) is 12.4. The summed E-state index contributed by atoms with van der Waals surface area (Å²) >= 11 is 2.94. The number of halogens is 6. The smallest absolute Gasteiger partial charge is 0.435 e. The molecule has 0 radical (unpaired) electrons. The number of hydrogen-bond acceptors (Lipinski definition) is 2. The van der Waals surface area contributed by atoms with E-state index in [0.717, 1.165) is 12.1 Å². The van der Waals surface area contributed by atoms with E-state index in [4.69, 9.17) is 0 Å². The van der Waals surface area contributed by atoms with Crippen LogP contribution in [0.4, 0.5) is 22.0 Å². The van der Waals surface area contributed by atoms with Crippen molar-refractivity contribution in [1.29, 1.82) is 0 Å². The molecule has 1 aromatic heterocycles. The molecule has 0 unspecified atom stereocenters. The third-order valence-corrected chi connectivity index (χ3v) is 2.61. The predicted octanol–water partition coefficient (Wildman–Crippen LogP) is 3.95. The largest absolute Gasteiger partial charge is 0.449 e. The van der Waals surface area contributed by atoms with Crippen molar-refractivity contribution in [3.8, 4) is 5.75 Å². The summed E-state index contributed by atoms with van der Waals surface area (Å²) in [6.07, 6.45) is -4.64. The van der Waals surface area contributed by atoms with Crippen LogP contribution < -0.4 is 4.74 Å². The van der Waals surface area contributed by atoms with E-state index in [-0.39, 0.29) is 21.3 Å². The van der Waals surface area contributed by atoms with Gasteiger partial charge in [-0.15, -0.1) is 0 Å². The van der Waals surface area contributed by atoms with Gasteiger partial charge in [0.05, 0.1) is 5.52 Å². The van der Waals surface area contributed by atoms with E-state index in [9.17, 15) is 22.0 Å². The lowest BCUT2D eigenvalue weighted by molar-refractivity contribution is -0.144. The molecule has 0 bridgehead atoms. The molecule has 0 fully saturated rings. The van der Waals surface area contributed by atoms with Gasteiger partial charge in [-0.05, 0) is 22.0 Å². The van der Waals surface area contributed by atoms with Crippen molar-refractivity contribution in [3.05, 3.63) is 22.4 Å². The van der Waals surface area contributed by atoms with Gasteiger partial charge >= 0.3 is 12.8 Å². The number of imidazole rings is 1. The van der Waals surface area contributed by atoms with Crippen LogP contribution in [0.15, 0.2) is 16.6 Å². The van der Waals surface area contributed by atoms with Crippen molar-refractivity contribution >= 4 is 27.0 Å². The van der Waals surface area contributed by atoms with Crippen LogP contribution in [0.25, 0.3) is 11.0 Å². The van der Waals surface area contributed by atoms with Gasteiger partial charge in [-0.2, -0.15) is 22.0 Å². The van der Waals surface area contributed by atoms with Gasteiger partial charge < -0.3 is 9.72 Å². The lowest BCUT2D eigenvalue weighted by Crippen LogP contribution is -2.06. The SMILES string of the molecule is FC(F)Oc1cc(Br)c2nc(C(F)(F)F)[nH]c2c1. The standard InChI is InChI=1S/C9H4BrF5N2O/c10-4-1-3(18-8(11)12)2-5-6(4)17-7(16-5)9(13,14)15/h1-2,8H,(H,16,17). The molecule has 0 atom stereocenters. The van der Waals surface area contributed by atoms with Crippen LogP contribution in [0, 0.1) is 0 Å². The first kappa shape index (κ1) is 13.1. The molecule has 0 saturated carbocycles. The predicted molar refractivity (Wildman–Crippen MR) is 55.4 cm³/mol. The summed E-state index contributed by atoms with van der Waals surface area (Å²) in [6, 6.07) is 2.14. The number of nitrogens with one attached hydrogen (secondary N) is 1. The first-order valence-electron chi connectivity index (χ1n) is 4.48. The lowest BCUT2D eigenvalue weighted by atomic mass is 10.3. The Morgan fingerprint density at radius 3 is 2.50 bits per heavy atom. The van der Waals surface area contributed by atoms with Crippen molar-refractivity contribution < 1.29 is 26.7 Å². The Bertz CT molecular complexity index is 580. The van der Waals surface area contributed by atoms with E-state index in [1.165, 1.54) is 0 Å². The minimum Gasteiger partial charge on any atom is -0.435 e. The van der Waals surface area contributed by atoms with Crippen molar-refractivity contribution in [2.75, 3.05) is 0 Å². The molecular weight excluding hydrogens is 327 g/mol. The number of rotatable bonds is 2. The summed E-state index contributed by atoms with van der Waals surface area (Å²) in [5.74, 6) is -1.46. The third kappa shape index (κ3) is 2.55. The van der Waals surface area contributed by atoms with Crippen LogP contribution in [0.5, 0.6) is 5.75 Å². The molecule has 1 aromatic carbocycles. The van der Waals surface area contributed by atoms with E-state index < -0.39 is 18.6 Å². The van der Waals surface area contributed by atoms with Gasteiger partial charge in [-0.1, -0.05) is 0 Å². The molecule has 0 amide bonds. The van der Waals surface area contributed by atoms with E-state index >= 15 is 0 Å². The number of fused-ring (bicyclic) bond motifs is 1. The van der Waals surface area contributed by atoms with E-state index in [1.54, 1.807) is 0 Å². The second kappa shape index (κ2) is 4.38. The number of aromatic amines is 1. The Labute approximate surface area is 105 Å². The maximum atomic E-state index is 12.4. The summed E-state index contributed by atoms with van der Waals surface area (Å²) in [4.78, 5) is 5.33. The van der Waals surface area contributed by atoms with Crippen LogP contribution in [0.2, 0.25) is 0 Å². The summed E-state index contributed by atoms with van der Waals surface area (Å²) in [6.45, 7) is -3.06. The van der Waals surface area contributed by atoms with Crippen LogP contribution in [0.1, 0.15) is 5.82 Å². The highest BCUT2D eigenvalue weighted by atomic mass is 79.9. The zero-order valence-corrected chi connectivity index (χ0v) is 9.94. The minimum atomic E-state index is -4.64. The van der Waals surface area contributed by atoms with Gasteiger partial charge in [0.1, 0.15) is 11.3 Å². The Kier molecular flexibility index (Phi) is 3.18. The maximum Gasteiger partial charge on any atom is 0.449 e. The number of alkyl halides is 5. The van der Waals surface area contributed by atoms with Gasteiger partial charge in [0.2, 0.25) is 5.82 Å². The number of ether oxygens (including phenoxy) is 1. The molecule has 0 aliphatic rings. The quantitative estimate of drug-likeness (QED) is 0.847. The number of nitrogens with zero attached hydrogens (tertiary/aromatic N) is 1. The van der Waals surface area contributed by atoms with Crippen LogP contribution in [-0.2, 0) is 6.18 Å². The molecule has 98 valence electrons. The highest BCUT2D eigenvalue weighted by Gasteiger charge is 2.35. The second-order valence-corrected chi connectivity index (χ2v) is 4.12. The lowest BCUT2D eigenvalue weighted by Gasteiger charge is -2.04. The zero-order chi connectivity index (χ0) is 13.5. The molecule has 1 N–H and O–H groups in total. The van der Waals surface area contributed by atoms with E-state index in [2.05, 4.69) is 25.7 Å². The van der Waals surface area contributed by atoms with Gasteiger partial charge in [0, 0.05) is 10.5 Å². The monoisotopic (exact) mass is 330 g/mol. The van der Waals surface area contributed by atoms with Crippen molar-refractivity contribution in [2.24, 2.45) is 0 Å². The van der Waals surface area contributed by atoms with Crippen molar-refractivity contribution in [3.63, 3.8) is 0 Å². The van der Waals surface area contributed by atoms with Gasteiger partial charge in [-0.25, -0.2) is 4.98 Å². The Balaban J connectivity index is 2.52. The fraction of sp³-hybridized carbons (Fsp3) is 0.222. The van der Waals surface area contributed by atoms with Crippen LogP contribution in [0.3, 0.4) is 0 Å². The number of hydrogen-bond donors (Lipinski definition) is 1. The molecule has 0 aliphatic carbocycles. The summed E-state index contributed by atoms with van der Waals surface area (Å²) < 4.78 is 65.5. The summed E-state index contributed by atoms with van der Waals surface area (Å²) in [7, 11) is 0. The number of H-pyrrole nitrogens is 1. The average Bonchev–Trinajstić information content (AvgIpc) is 2.59. The fourth-order valence-corrected chi connectivity index (χ4v) is 1.88. The first-order chi connectivity index (χ1) is 8.27. The topological polar surface area (TPSA) is 37.9 Å². The fourth-order valence-electron chi connectivity index (χ4n) is 1.36. The number of aromatic nitrogens is 2. The minimum absolute atomic E-state index is 0.0102. The molecule has 0 saturated heterocycles. The number of benzene rings is 1. The highest BCUT2D eigenvalue weighted by molar-refractivity contribution is 9.10. The van der Waals surface area contributed by atoms with Crippen molar-refractivity contribution in [2.45, 2.75) is 12.8 Å². The molecule has 9 heteroatoms. The zero-order valence-electron chi connectivity index (χ0n) is 8.36. The molecule has 0 spiro atoms. The van der Waals surface area contributed by atoms with E-state index in [0.29, 0.717) is 0 Å². The van der Waals surface area contributed by atoms with Gasteiger partial charge in [0.15, 0.2) is 0 Å². The maximum absolute atomic E-state index is 12.4. The molecule has 3 nitrogen and oxygen atoms in total. The molecular formula is C9H4BrF5N2O. The van der Waals surface area contributed by atoms with Gasteiger partial charge in [0.25, 0.3) is 0 Å². The Morgan fingerprint density at radius 2 is 1.94 bits per heavy atom. The first-order valence-corrected chi connectivity index (χ1v) is 5.28. The Hall–Kier alpha value is -1.38. The molecule has 2 rings (SSSR count). The molecule has 18 heavy (non-hydrogen) atoms. The van der Waals surface area contributed by atoms with Crippen LogP contribution >= 0.6 is 15.9 Å². The highest BCUT2D eigenvalue weighted by Crippen LogP contribution is 2.33. The summed E-state index contributed by atoms with van der Waals surface area (Å²) in [5.41, 5.74) is -0.0590. The van der Waals surface area contributed by atoms with E-state index in [1.807, 2.05) is 4.98 Å². The Morgan fingerprint density at radius 1 is 1.28 bits per heavy atom.